The number of rotatable bonds is 2. The molecule has 0 atom stereocenters. The van der Waals surface area contributed by atoms with Crippen LogP contribution < -0.4 is 0 Å². The highest BCUT2D eigenvalue weighted by atomic mass is 35.5. The van der Waals surface area contributed by atoms with Gasteiger partial charge in [0.25, 0.3) is 0 Å². The van der Waals surface area contributed by atoms with Crippen LogP contribution in [-0.2, 0) is 0 Å². The van der Waals surface area contributed by atoms with Gasteiger partial charge in [-0.05, 0) is 51.7 Å². The van der Waals surface area contributed by atoms with Crippen LogP contribution in [0.5, 0.6) is 0 Å². The third-order valence-electron chi connectivity index (χ3n) is 5.75. The van der Waals surface area contributed by atoms with Crippen molar-refractivity contribution in [3.8, 4) is 22.3 Å². The Bertz CT molecular complexity index is 1540. The van der Waals surface area contributed by atoms with Crippen LogP contribution in [0, 0.1) is 0 Å². The Hall–Kier alpha value is -3.13. The van der Waals surface area contributed by atoms with Crippen LogP contribution in [0.15, 0.2) is 103 Å². The summed E-state index contributed by atoms with van der Waals surface area (Å²) in [6.07, 6.45) is 0. The van der Waals surface area contributed by atoms with Crippen molar-refractivity contribution in [2.24, 2.45) is 0 Å². The van der Waals surface area contributed by atoms with Crippen LogP contribution in [0.3, 0.4) is 0 Å². The molecule has 2 heteroatoms. The summed E-state index contributed by atoms with van der Waals surface area (Å²) in [5.41, 5.74) is 4.71. The standard InChI is InChI=1S/C28H17ClS/c29-24-15-16-26-28(23-7-3-4-8-25(23)30-26)27(24)20-12-9-19(10-13-20)22-14-11-18-5-1-2-6-21(18)17-22/h1-17H. The van der Waals surface area contributed by atoms with Crippen molar-refractivity contribution in [2.45, 2.75) is 0 Å². The van der Waals surface area contributed by atoms with Crippen molar-refractivity contribution in [3.05, 3.63) is 108 Å². The summed E-state index contributed by atoms with van der Waals surface area (Å²) >= 11 is 8.54. The van der Waals surface area contributed by atoms with Crippen LogP contribution in [-0.4, -0.2) is 0 Å². The molecule has 6 aromatic rings. The summed E-state index contributed by atoms with van der Waals surface area (Å²) in [5, 5.41) is 5.84. The molecule has 6 rings (SSSR count). The molecule has 0 saturated carbocycles. The van der Waals surface area contributed by atoms with Gasteiger partial charge >= 0.3 is 0 Å². The fourth-order valence-electron chi connectivity index (χ4n) is 4.27. The lowest BCUT2D eigenvalue weighted by molar-refractivity contribution is 1.63. The van der Waals surface area contributed by atoms with Gasteiger partial charge in [0.05, 0.1) is 0 Å². The maximum Gasteiger partial charge on any atom is 0.0491 e. The molecule has 0 aliphatic carbocycles. The van der Waals surface area contributed by atoms with Crippen molar-refractivity contribution in [1.29, 1.82) is 0 Å². The van der Waals surface area contributed by atoms with E-state index in [0.29, 0.717) is 0 Å². The molecule has 0 saturated heterocycles. The molecule has 0 aliphatic rings. The fourth-order valence-corrected chi connectivity index (χ4v) is 5.65. The van der Waals surface area contributed by atoms with Gasteiger partial charge in [0.1, 0.15) is 0 Å². The van der Waals surface area contributed by atoms with E-state index in [1.54, 1.807) is 0 Å². The highest BCUT2D eigenvalue weighted by Crippen LogP contribution is 2.43. The van der Waals surface area contributed by atoms with Gasteiger partial charge in [-0.1, -0.05) is 90.5 Å². The summed E-state index contributed by atoms with van der Waals surface area (Å²) in [6.45, 7) is 0. The summed E-state index contributed by atoms with van der Waals surface area (Å²) in [4.78, 5) is 0. The zero-order chi connectivity index (χ0) is 20.1. The topological polar surface area (TPSA) is 0 Å². The first-order valence-electron chi connectivity index (χ1n) is 9.97. The second kappa shape index (κ2) is 6.98. The molecule has 30 heavy (non-hydrogen) atoms. The van der Waals surface area contributed by atoms with Crippen LogP contribution in [0.4, 0.5) is 0 Å². The van der Waals surface area contributed by atoms with Crippen LogP contribution in [0.1, 0.15) is 0 Å². The monoisotopic (exact) mass is 420 g/mol. The number of hydrogen-bond donors (Lipinski definition) is 0. The van der Waals surface area contributed by atoms with E-state index in [0.717, 1.165) is 16.1 Å². The largest absolute Gasteiger partial charge is 0.135 e. The SMILES string of the molecule is Clc1ccc2sc3ccccc3c2c1-c1ccc(-c2ccc3ccccc3c2)cc1. The van der Waals surface area contributed by atoms with Crippen molar-refractivity contribution < 1.29 is 0 Å². The predicted octanol–water partition coefficient (Wildman–Crippen LogP) is 9.20. The molecule has 0 fully saturated rings. The van der Waals surface area contributed by atoms with E-state index >= 15 is 0 Å². The fraction of sp³-hybridized carbons (Fsp3) is 0. The lowest BCUT2D eigenvalue weighted by Crippen LogP contribution is -1.84. The minimum atomic E-state index is 0.796. The zero-order valence-electron chi connectivity index (χ0n) is 16.1. The van der Waals surface area contributed by atoms with Crippen LogP contribution >= 0.6 is 22.9 Å². The zero-order valence-corrected chi connectivity index (χ0v) is 17.7. The minimum absolute atomic E-state index is 0.796. The molecule has 0 amide bonds. The first-order valence-corrected chi connectivity index (χ1v) is 11.2. The third-order valence-corrected chi connectivity index (χ3v) is 7.20. The molecule has 1 heterocycles. The van der Waals surface area contributed by atoms with Gasteiger partial charge in [0, 0.05) is 30.8 Å². The number of thiophene rings is 1. The Morgan fingerprint density at radius 2 is 1.23 bits per heavy atom. The summed E-state index contributed by atoms with van der Waals surface area (Å²) < 4.78 is 2.57. The molecule has 142 valence electrons. The van der Waals surface area contributed by atoms with Crippen molar-refractivity contribution in [2.75, 3.05) is 0 Å². The molecule has 0 spiro atoms. The van der Waals surface area contributed by atoms with E-state index < -0.39 is 0 Å². The Labute approximate surface area is 184 Å². The number of fused-ring (bicyclic) bond motifs is 4. The molecule has 0 radical (unpaired) electrons. The van der Waals surface area contributed by atoms with Gasteiger partial charge in [-0.3, -0.25) is 0 Å². The molecular formula is C28H17ClS. The second-order valence-corrected chi connectivity index (χ2v) is 9.02. The summed E-state index contributed by atoms with van der Waals surface area (Å²) in [5.74, 6) is 0. The van der Waals surface area contributed by atoms with E-state index in [4.69, 9.17) is 11.6 Å². The normalized spacial score (nSPS) is 11.5. The first-order chi connectivity index (χ1) is 14.8. The van der Waals surface area contributed by atoms with Gasteiger partial charge in [-0.15, -0.1) is 11.3 Å². The van der Waals surface area contributed by atoms with Gasteiger partial charge in [0.2, 0.25) is 0 Å². The smallest absolute Gasteiger partial charge is 0.0491 e. The molecule has 0 unspecified atom stereocenters. The molecule has 0 aliphatic heterocycles. The average Bonchev–Trinajstić information content (AvgIpc) is 3.18. The third kappa shape index (κ3) is 2.82. The van der Waals surface area contributed by atoms with Crippen molar-refractivity contribution >= 4 is 53.9 Å². The van der Waals surface area contributed by atoms with Gasteiger partial charge in [-0.2, -0.15) is 0 Å². The summed E-state index contributed by atoms with van der Waals surface area (Å²) in [6, 6.07) is 36.6. The Kier molecular flexibility index (Phi) is 4.12. The maximum atomic E-state index is 6.72. The Morgan fingerprint density at radius 1 is 0.533 bits per heavy atom. The minimum Gasteiger partial charge on any atom is -0.135 e. The highest BCUT2D eigenvalue weighted by Gasteiger charge is 2.14. The average molecular weight is 421 g/mol. The van der Waals surface area contributed by atoms with E-state index in [-0.39, 0.29) is 0 Å². The van der Waals surface area contributed by atoms with Gasteiger partial charge in [0.15, 0.2) is 0 Å². The quantitative estimate of drug-likeness (QED) is 0.262. The van der Waals surface area contributed by atoms with E-state index in [1.807, 2.05) is 17.4 Å². The first kappa shape index (κ1) is 17.7. The second-order valence-electron chi connectivity index (χ2n) is 7.53. The van der Waals surface area contributed by atoms with Crippen LogP contribution in [0.25, 0.3) is 53.2 Å². The van der Waals surface area contributed by atoms with E-state index in [9.17, 15) is 0 Å². The molecular weight excluding hydrogens is 404 g/mol. The number of benzene rings is 5. The molecule has 0 nitrogen and oxygen atoms in total. The maximum absolute atomic E-state index is 6.72. The number of halogens is 1. The Balaban J connectivity index is 1.50. The van der Waals surface area contributed by atoms with E-state index in [1.165, 1.54) is 42.1 Å². The lowest BCUT2D eigenvalue weighted by Gasteiger charge is -2.10. The van der Waals surface area contributed by atoms with Gasteiger partial charge < -0.3 is 0 Å². The van der Waals surface area contributed by atoms with Crippen molar-refractivity contribution in [1.82, 2.24) is 0 Å². The molecule has 0 bridgehead atoms. The van der Waals surface area contributed by atoms with E-state index in [2.05, 4.69) is 97.1 Å². The lowest BCUT2D eigenvalue weighted by atomic mass is 9.96. The highest BCUT2D eigenvalue weighted by molar-refractivity contribution is 7.26. The predicted molar refractivity (Wildman–Crippen MR) is 133 cm³/mol. The molecule has 1 aromatic heterocycles. The molecule has 0 N–H and O–H groups in total. The van der Waals surface area contributed by atoms with Crippen LogP contribution in [0.2, 0.25) is 5.02 Å². The summed E-state index contributed by atoms with van der Waals surface area (Å²) in [7, 11) is 0. The molecule has 5 aromatic carbocycles. The van der Waals surface area contributed by atoms with Gasteiger partial charge in [-0.25, -0.2) is 0 Å². The van der Waals surface area contributed by atoms with Crippen molar-refractivity contribution in [3.63, 3.8) is 0 Å². The number of hydrogen-bond acceptors (Lipinski definition) is 1. The Morgan fingerprint density at radius 3 is 2.10 bits per heavy atom.